The first kappa shape index (κ1) is 22.9. The van der Waals surface area contributed by atoms with Crippen molar-refractivity contribution in [2.45, 2.75) is 32.5 Å². The topological polar surface area (TPSA) is 132 Å². The average Bonchev–Trinajstić information content (AvgIpc) is 3.16. The number of carbonyl (C=O) groups is 2. The van der Waals surface area contributed by atoms with E-state index in [0.717, 1.165) is 11.1 Å². The minimum atomic E-state index is -0.523. The van der Waals surface area contributed by atoms with Gasteiger partial charge >= 0.3 is 0 Å². The maximum absolute atomic E-state index is 12.4. The molecule has 10 nitrogen and oxygen atoms in total. The van der Waals surface area contributed by atoms with E-state index in [2.05, 4.69) is 20.8 Å². The predicted octanol–water partition coefficient (Wildman–Crippen LogP) is 3.87. The smallest absolute Gasteiger partial charge is 0.293 e. The van der Waals surface area contributed by atoms with Crippen molar-refractivity contribution in [2.75, 3.05) is 16.4 Å². The standard InChI is InChI=1S/C21H22N6O4S/c1-4-26-20(15-6-5-7-16(11-15)22-14(3)28)24-25-21(26)32-12-19(29)23-17-9-8-13(2)10-18(17)27(30)31/h5-11H,4,12H2,1-3H3,(H,22,28)(H,23,29). The van der Waals surface area contributed by atoms with Gasteiger partial charge in [0.05, 0.1) is 10.7 Å². The number of amides is 2. The van der Waals surface area contributed by atoms with Crippen LogP contribution in [0.2, 0.25) is 0 Å². The molecule has 0 aliphatic carbocycles. The van der Waals surface area contributed by atoms with Crippen LogP contribution in [-0.4, -0.2) is 37.3 Å². The van der Waals surface area contributed by atoms with Gasteiger partial charge in [-0.3, -0.25) is 19.7 Å². The van der Waals surface area contributed by atoms with Gasteiger partial charge in [0.2, 0.25) is 11.8 Å². The lowest BCUT2D eigenvalue weighted by atomic mass is 10.2. The Hall–Kier alpha value is -3.73. The molecular formula is C21H22N6O4S. The Morgan fingerprint density at radius 3 is 2.62 bits per heavy atom. The molecular weight excluding hydrogens is 432 g/mol. The highest BCUT2D eigenvalue weighted by Gasteiger charge is 2.18. The molecule has 0 saturated carbocycles. The van der Waals surface area contributed by atoms with Crippen molar-refractivity contribution in [1.82, 2.24) is 14.8 Å². The molecule has 0 fully saturated rings. The third kappa shape index (κ3) is 5.49. The molecule has 0 radical (unpaired) electrons. The Balaban J connectivity index is 1.73. The van der Waals surface area contributed by atoms with Gasteiger partial charge in [0, 0.05) is 30.8 Å². The Labute approximate surface area is 188 Å². The molecule has 0 spiro atoms. The zero-order valence-corrected chi connectivity index (χ0v) is 18.6. The fourth-order valence-electron chi connectivity index (χ4n) is 3.05. The van der Waals surface area contributed by atoms with Crippen molar-refractivity contribution in [3.63, 3.8) is 0 Å². The monoisotopic (exact) mass is 454 g/mol. The Kier molecular flexibility index (Phi) is 7.21. The largest absolute Gasteiger partial charge is 0.326 e. The highest BCUT2D eigenvalue weighted by Crippen LogP contribution is 2.28. The van der Waals surface area contributed by atoms with Crippen molar-refractivity contribution in [1.29, 1.82) is 0 Å². The van der Waals surface area contributed by atoms with E-state index >= 15 is 0 Å². The fraction of sp³-hybridized carbons (Fsp3) is 0.238. The second kappa shape index (κ2) is 10.1. The predicted molar refractivity (Wildman–Crippen MR) is 123 cm³/mol. The van der Waals surface area contributed by atoms with Crippen LogP contribution in [0.4, 0.5) is 17.1 Å². The van der Waals surface area contributed by atoms with Crippen LogP contribution >= 0.6 is 11.8 Å². The highest BCUT2D eigenvalue weighted by atomic mass is 32.2. The summed E-state index contributed by atoms with van der Waals surface area (Å²) in [4.78, 5) is 34.5. The molecule has 3 aromatic rings. The number of aromatic nitrogens is 3. The fourth-order valence-corrected chi connectivity index (χ4v) is 3.85. The third-order valence-electron chi connectivity index (χ3n) is 4.43. The number of hydrogen-bond acceptors (Lipinski definition) is 7. The lowest BCUT2D eigenvalue weighted by molar-refractivity contribution is -0.384. The Morgan fingerprint density at radius 2 is 1.94 bits per heavy atom. The molecule has 1 aromatic heterocycles. The zero-order chi connectivity index (χ0) is 23.3. The molecule has 0 saturated heterocycles. The molecule has 1 heterocycles. The van der Waals surface area contributed by atoms with Crippen LogP contribution in [0, 0.1) is 17.0 Å². The first-order valence-corrected chi connectivity index (χ1v) is 10.8. The van der Waals surface area contributed by atoms with Gasteiger partial charge in [-0.15, -0.1) is 10.2 Å². The van der Waals surface area contributed by atoms with Gasteiger partial charge in [0.1, 0.15) is 5.69 Å². The summed E-state index contributed by atoms with van der Waals surface area (Å²) in [6, 6.07) is 11.9. The highest BCUT2D eigenvalue weighted by molar-refractivity contribution is 7.99. The van der Waals surface area contributed by atoms with Crippen molar-refractivity contribution in [3.05, 3.63) is 58.1 Å². The summed E-state index contributed by atoms with van der Waals surface area (Å²) in [6.07, 6.45) is 0. The van der Waals surface area contributed by atoms with Gasteiger partial charge in [0.15, 0.2) is 11.0 Å². The van der Waals surface area contributed by atoms with E-state index in [1.165, 1.54) is 30.8 Å². The minimum Gasteiger partial charge on any atom is -0.326 e. The summed E-state index contributed by atoms with van der Waals surface area (Å²) in [5.74, 6) is 0.0588. The van der Waals surface area contributed by atoms with Gasteiger partial charge in [0.25, 0.3) is 5.69 Å². The van der Waals surface area contributed by atoms with Crippen LogP contribution in [0.5, 0.6) is 0 Å². The number of nitro groups is 1. The van der Waals surface area contributed by atoms with E-state index in [4.69, 9.17) is 0 Å². The van der Waals surface area contributed by atoms with Crippen LogP contribution in [0.25, 0.3) is 11.4 Å². The van der Waals surface area contributed by atoms with E-state index in [0.29, 0.717) is 23.2 Å². The summed E-state index contributed by atoms with van der Waals surface area (Å²) < 4.78 is 1.86. The molecule has 2 amide bonds. The molecule has 3 rings (SSSR count). The molecule has 0 aliphatic rings. The number of nitro benzene ring substituents is 1. The molecule has 0 bridgehead atoms. The van der Waals surface area contributed by atoms with E-state index in [9.17, 15) is 19.7 Å². The van der Waals surface area contributed by atoms with E-state index in [1.54, 1.807) is 25.1 Å². The summed E-state index contributed by atoms with van der Waals surface area (Å²) >= 11 is 1.18. The van der Waals surface area contributed by atoms with Crippen LogP contribution in [0.15, 0.2) is 47.6 Å². The maximum Gasteiger partial charge on any atom is 0.293 e. The van der Waals surface area contributed by atoms with E-state index < -0.39 is 4.92 Å². The summed E-state index contributed by atoms with van der Waals surface area (Å²) in [5.41, 5.74) is 2.15. The first-order chi connectivity index (χ1) is 15.3. The van der Waals surface area contributed by atoms with Crippen molar-refractivity contribution in [3.8, 4) is 11.4 Å². The van der Waals surface area contributed by atoms with E-state index in [1.807, 2.05) is 23.6 Å². The van der Waals surface area contributed by atoms with Gasteiger partial charge in [-0.05, 0) is 37.6 Å². The van der Waals surface area contributed by atoms with Gasteiger partial charge < -0.3 is 15.2 Å². The number of rotatable bonds is 8. The summed E-state index contributed by atoms with van der Waals surface area (Å²) in [5, 5.41) is 25.5. The number of aryl methyl sites for hydroxylation is 1. The maximum atomic E-state index is 12.4. The van der Waals surface area contributed by atoms with Crippen LogP contribution in [0.3, 0.4) is 0 Å². The number of nitrogens with zero attached hydrogens (tertiary/aromatic N) is 4. The number of carbonyl (C=O) groups excluding carboxylic acids is 2. The van der Waals surface area contributed by atoms with Crippen LogP contribution < -0.4 is 10.6 Å². The molecule has 0 unspecified atom stereocenters. The minimum absolute atomic E-state index is 0.00902. The number of benzene rings is 2. The average molecular weight is 455 g/mol. The molecule has 2 aromatic carbocycles. The van der Waals surface area contributed by atoms with Gasteiger partial charge in [-0.2, -0.15) is 0 Å². The van der Waals surface area contributed by atoms with Crippen molar-refractivity contribution in [2.24, 2.45) is 0 Å². The van der Waals surface area contributed by atoms with Gasteiger partial charge in [-0.25, -0.2) is 0 Å². The normalized spacial score (nSPS) is 10.6. The SMILES string of the molecule is CCn1c(SCC(=O)Nc2ccc(C)cc2[N+](=O)[O-])nnc1-c1cccc(NC(C)=O)c1. The van der Waals surface area contributed by atoms with Crippen LogP contribution in [-0.2, 0) is 16.1 Å². The number of anilines is 2. The number of nitrogens with one attached hydrogen (secondary N) is 2. The lowest BCUT2D eigenvalue weighted by Crippen LogP contribution is -2.15. The zero-order valence-electron chi connectivity index (χ0n) is 17.8. The van der Waals surface area contributed by atoms with Crippen molar-refractivity contribution < 1.29 is 14.5 Å². The lowest BCUT2D eigenvalue weighted by Gasteiger charge is -2.09. The molecule has 2 N–H and O–H groups in total. The van der Waals surface area contributed by atoms with E-state index in [-0.39, 0.29) is 28.9 Å². The number of hydrogen-bond donors (Lipinski definition) is 2. The third-order valence-corrected chi connectivity index (χ3v) is 5.40. The second-order valence-corrected chi connectivity index (χ2v) is 7.87. The Morgan fingerprint density at radius 1 is 1.16 bits per heavy atom. The van der Waals surface area contributed by atoms with Crippen molar-refractivity contribution >= 4 is 40.6 Å². The quantitative estimate of drug-likeness (QED) is 0.300. The molecule has 0 atom stereocenters. The van der Waals surface area contributed by atoms with Gasteiger partial charge in [-0.1, -0.05) is 30.0 Å². The number of thioether (sulfide) groups is 1. The Bertz CT molecular complexity index is 1180. The summed E-state index contributed by atoms with van der Waals surface area (Å²) in [6.45, 7) is 5.69. The molecule has 11 heteroatoms. The molecule has 0 aliphatic heterocycles. The summed E-state index contributed by atoms with van der Waals surface area (Å²) in [7, 11) is 0. The molecule has 166 valence electrons. The molecule has 32 heavy (non-hydrogen) atoms. The second-order valence-electron chi connectivity index (χ2n) is 6.93. The first-order valence-electron chi connectivity index (χ1n) is 9.77. The van der Waals surface area contributed by atoms with Crippen LogP contribution in [0.1, 0.15) is 19.4 Å².